The summed E-state index contributed by atoms with van der Waals surface area (Å²) in [4.78, 5) is 4.34. The zero-order valence-corrected chi connectivity index (χ0v) is 8.47. The molecule has 0 atom stereocenters. The van der Waals surface area contributed by atoms with Gasteiger partial charge in [-0.05, 0) is 23.1 Å². The molecule has 1 N–H and O–H groups in total. The maximum absolute atomic E-state index is 5.14. The van der Waals surface area contributed by atoms with Crippen LogP contribution in [0.15, 0.2) is 23.7 Å². The van der Waals surface area contributed by atoms with Crippen LogP contribution in [0.2, 0.25) is 0 Å². The second-order valence-corrected chi connectivity index (χ2v) is 3.90. The van der Waals surface area contributed by atoms with Crippen molar-refractivity contribution in [3.05, 3.63) is 29.3 Å². The summed E-state index contributed by atoms with van der Waals surface area (Å²) in [6.45, 7) is 1.38. The minimum absolute atomic E-state index is 0.600. The minimum atomic E-state index is 0.600. The Bertz CT molecular complexity index is 467. The van der Waals surface area contributed by atoms with Crippen molar-refractivity contribution in [2.75, 3.05) is 6.54 Å². The highest BCUT2D eigenvalue weighted by Crippen LogP contribution is 2.19. The molecule has 0 bridgehead atoms. The van der Waals surface area contributed by atoms with Gasteiger partial charge in [0.1, 0.15) is 0 Å². The number of hydrogen-bond acceptors (Lipinski definition) is 3. The molecule has 2 rings (SSSR count). The van der Waals surface area contributed by atoms with E-state index in [0.717, 1.165) is 12.1 Å². The molecular formula is C11H10N2S. The molecule has 0 aromatic carbocycles. The van der Waals surface area contributed by atoms with Crippen molar-refractivity contribution >= 4 is 21.6 Å². The quantitative estimate of drug-likeness (QED) is 0.608. The Morgan fingerprint density at radius 1 is 1.57 bits per heavy atom. The predicted molar refractivity (Wildman–Crippen MR) is 60.2 cm³/mol. The monoisotopic (exact) mass is 202 g/mol. The first-order valence-electron chi connectivity index (χ1n) is 4.36. The van der Waals surface area contributed by atoms with E-state index in [1.165, 1.54) is 10.3 Å². The minimum Gasteiger partial charge on any atom is -0.302 e. The summed E-state index contributed by atoms with van der Waals surface area (Å²) >= 11 is 1.71. The van der Waals surface area contributed by atoms with E-state index in [1.807, 2.05) is 12.3 Å². The smallest absolute Gasteiger partial charge is 0.0809 e. The van der Waals surface area contributed by atoms with Crippen LogP contribution in [-0.2, 0) is 6.54 Å². The average molecular weight is 202 g/mol. The Kier molecular flexibility index (Phi) is 2.78. The molecule has 2 heterocycles. The van der Waals surface area contributed by atoms with Gasteiger partial charge in [0.15, 0.2) is 0 Å². The third-order valence-corrected chi connectivity index (χ3v) is 2.77. The summed E-state index contributed by atoms with van der Waals surface area (Å²) in [5.74, 6) is 2.54. The van der Waals surface area contributed by atoms with Crippen LogP contribution in [0.5, 0.6) is 0 Å². The zero-order chi connectivity index (χ0) is 9.80. The van der Waals surface area contributed by atoms with E-state index in [-0.39, 0.29) is 0 Å². The number of hydrogen-bond donors (Lipinski definition) is 1. The molecule has 0 aliphatic heterocycles. The second kappa shape index (κ2) is 4.23. The van der Waals surface area contributed by atoms with Crippen LogP contribution in [0.1, 0.15) is 5.56 Å². The Hall–Kier alpha value is -1.37. The van der Waals surface area contributed by atoms with E-state index in [1.54, 1.807) is 11.3 Å². The lowest BCUT2D eigenvalue weighted by Crippen LogP contribution is -2.12. The van der Waals surface area contributed by atoms with E-state index >= 15 is 0 Å². The highest BCUT2D eigenvalue weighted by molar-refractivity contribution is 7.17. The molecule has 0 unspecified atom stereocenters. The molecule has 0 aliphatic rings. The topological polar surface area (TPSA) is 24.9 Å². The Labute approximate surface area is 87.0 Å². The molecule has 70 valence electrons. The number of nitrogens with one attached hydrogen (secondary N) is 1. The number of nitrogens with zero attached hydrogens (tertiary/aromatic N) is 1. The van der Waals surface area contributed by atoms with Crippen molar-refractivity contribution in [1.29, 1.82) is 0 Å². The molecule has 0 saturated heterocycles. The van der Waals surface area contributed by atoms with Crippen LogP contribution in [-0.4, -0.2) is 11.5 Å². The molecule has 0 spiro atoms. The fraction of sp³-hybridized carbons (Fsp3) is 0.182. The molecule has 0 saturated carbocycles. The summed E-state index contributed by atoms with van der Waals surface area (Å²) < 4.78 is 1.23. The van der Waals surface area contributed by atoms with Crippen molar-refractivity contribution in [2.24, 2.45) is 0 Å². The lowest BCUT2D eigenvalue weighted by atomic mass is 10.2. The van der Waals surface area contributed by atoms with Crippen molar-refractivity contribution in [3.8, 4) is 12.3 Å². The van der Waals surface area contributed by atoms with Crippen LogP contribution in [0.25, 0.3) is 10.2 Å². The normalized spacial score (nSPS) is 10.2. The number of terminal acetylenes is 1. The lowest BCUT2D eigenvalue weighted by Gasteiger charge is -2.00. The van der Waals surface area contributed by atoms with Gasteiger partial charge in [0.05, 0.1) is 16.8 Å². The Morgan fingerprint density at radius 3 is 3.36 bits per heavy atom. The highest BCUT2D eigenvalue weighted by atomic mass is 32.1. The summed E-state index contributed by atoms with van der Waals surface area (Å²) in [5, 5.41) is 5.19. The van der Waals surface area contributed by atoms with Gasteiger partial charge in [-0.15, -0.1) is 17.8 Å². The third kappa shape index (κ3) is 1.92. The van der Waals surface area contributed by atoms with Gasteiger partial charge < -0.3 is 5.32 Å². The first-order chi connectivity index (χ1) is 6.90. The van der Waals surface area contributed by atoms with Gasteiger partial charge in [-0.25, -0.2) is 0 Å². The van der Waals surface area contributed by atoms with E-state index in [9.17, 15) is 0 Å². The third-order valence-electron chi connectivity index (χ3n) is 1.92. The van der Waals surface area contributed by atoms with Crippen molar-refractivity contribution in [3.63, 3.8) is 0 Å². The van der Waals surface area contributed by atoms with Gasteiger partial charge in [0, 0.05) is 12.7 Å². The molecule has 0 fully saturated rings. The van der Waals surface area contributed by atoms with Crippen LogP contribution < -0.4 is 5.32 Å². The maximum atomic E-state index is 5.14. The summed E-state index contributed by atoms with van der Waals surface area (Å²) in [6.07, 6.45) is 7.03. The maximum Gasteiger partial charge on any atom is 0.0809 e. The molecule has 14 heavy (non-hydrogen) atoms. The number of aromatic nitrogens is 1. The number of thiophene rings is 1. The molecule has 2 aromatic rings. The summed E-state index contributed by atoms with van der Waals surface area (Å²) in [5.41, 5.74) is 2.24. The average Bonchev–Trinajstić information content (AvgIpc) is 2.65. The second-order valence-electron chi connectivity index (χ2n) is 2.96. The Morgan fingerprint density at radius 2 is 2.50 bits per heavy atom. The number of rotatable bonds is 3. The highest BCUT2D eigenvalue weighted by Gasteiger charge is 1.97. The van der Waals surface area contributed by atoms with Crippen LogP contribution in [0, 0.1) is 12.3 Å². The van der Waals surface area contributed by atoms with Gasteiger partial charge >= 0.3 is 0 Å². The van der Waals surface area contributed by atoms with Gasteiger partial charge in [0.2, 0.25) is 0 Å². The molecule has 0 aliphatic carbocycles. The molecule has 2 nitrogen and oxygen atoms in total. The van der Waals surface area contributed by atoms with E-state index in [4.69, 9.17) is 6.42 Å². The molecule has 0 amide bonds. The largest absolute Gasteiger partial charge is 0.302 e. The van der Waals surface area contributed by atoms with Gasteiger partial charge in [-0.3, -0.25) is 4.98 Å². The van der Waals surface area contributed by atoms with Gasteiger partial charge in [0.25, 0.3) is 0 Å². The predicted octanol–water partition coefficient (Wildman–Crippen LogP) is 2.02. The molecule has 2 aromatic heterocycles. The van der Waals surface area contributed by atoms with Crippen molar-refractivity contribution in [2.45, 2.75) is 6.54 Å². The number of pyridine rings is 1. The first-order valence-corrected chi connectivity index (χ1v) is 5.24. The van der Waals surface area contributed by atoms with E-state index in [0.29, 0.717) is 6.54 Å². The zero-order valence-electron chi connectivity index (χ0n) is 7.66. The van der Waals surface area contributed by atoms with Crippen molar-refractivity contribution in [1.82, 2.24) is 10.3 Å². The van der Waals surface area contributed by atoms with Crippen LogP contribution in [0.4, 0.5) is 0 Å². The fourth-order valence-corrected chi connectivity index (χ4v) is 2.07. The summed E-state index contributed by atoms with van der Waals surface area (Å²) in [7, 11) is 0. The van der Waals surface area contributed by atoms with Crippen LogP contribution >= 0.6 is 11.3 Å². The summed E-state index contributed by atoms with van der Waals surface area (Å²) in [6, 6.07) is 4.18. The fourth-order valence-electron chi connectivity index (χ4n) is 1.26. The van der Waals surface area contributed by atoms with E-state index in [2.05, 4.69) is 27.7 Å². The lowest BCUT2D eigenvalue weighted by molar-refractivity contribution is 0.769. The SMILES string of the molecule is C#CCNCc1cnc2ccsc2c1. The van der Waals surface area contributed by atoms with Gasteiger partial charge in [-0.1, -0.05) is 5.92 Å². The van der Waals surface area contributed by atoms with Crippen LogP contribution in [0.3, 0.4) is 0 Å². The Balaban J connectivity index is 2.14. The number of fused-ring (bicyclic) bond motifs is 1. The van der Waals surface area contributed by atoms with Crippen molar-refractivity contribution < 1.29 is 0 Å². The molecule has 0 radical (unpaired) electrons. The first kappa shape index (κ1) is 9.20. The van der Waals surface area contributed by atoms with Gasteiger partial charge in [-0.2, -0.15) is 0 Å². The standard InChI is InChI=1S/C11H10N2S/c1-2-4-12-7-9-6-11-10(13-8-9)3-5-14-11/h1,3,5-6,8,12H,4,7H2. The molecule has 3 heteroatoms. The van der Waals surface area contributed by atoms with E-state index < -0.39 is 0 Å². The molecular weight excluding hydrogens is 192 g/mol.